The fourth-order valence-electron chi connectivity index (χ4n) is 3.34. The van der Waals surface area contributed by atoms with Crippen LogP contribution in [0.2, 0.25) is 0 Å². The first-order valence-electron chi connectivity index (χ1n) is 7.30. The number of hydrogen-bond donors (Lipinski definition) is 1. The van der Waals surface area contributed by atoms with Crippen LogP contribution in [-0.4, -0.2) is 41.1 Å². The van der Waals surface area contributed by atoms with Crippen LogP contribution >= 0.6 is 0 Å². The van der Waals surface area contributed by atoms with Gasteiger partial charge in [-0.25, -0.2) is 4.98 Å². The summed E-state index contributed by atoms with van der Waals surface area (Å²) in [5.74, 6) is 0.489. The highest BCUT2D eigenvalue weighted by Crippen LogP contribution is 2.29. The molecule has 2 N–H and O–H groups in total. The van der Waals surface area contributed by atoms with Gasteiger partial charge in [0.2, 0.25) is 0 Å². The summed E-state index contributed by atoms with van der Waals surface area (Å²) < 4.78 is 5.79. The zero-order chi connectivity index (χ0) is 14.4. The van der Waals surface area contributed by atoms with Crippen LogP contribution in [0.4, 0.5) is 5.82 Å². The van der Waals surface area contributed by atoms with Crippen molar-refractivity contribution >= 4 is 22.5 Å². The summed E-state index contributed by atoms with van der Waals surface area (Å²) in [6.07, 6.45) is 4.09. The van der Waals surface area contributed by atoms with Crippen molar-refractivity contribution in [1.82, 2.24) is 9.88 Å². The quantitative estimate of drug-likeness (QED) is 0.866. The number of hydrogen-bond acceptors (Lipinski definition) is 4. The molecular weight excluding hydrogens is 266 g/mol. The Morgan fingerprint density at radius 1 is 1.19 bits per heavy atom. The van der Waals surface area contributed by atoms with Crippen molar-refractivity contribution in [2.45, 2.75) is 25.0 Å². The van der Waals surface area contributed by atoms with Gasteiger partial charge in [-0.1, -0.05) is 24.3 Å². The Kier molecular flexibility index (Phi) is 2.82. The molecule has 0 saturated carbocycles. The molecule has 4 rings (SSSR count). The van der Waals surface area contributed by atoms with E-state index in [1.54, 1.807) is 6.20 Å². The molecule has 2 aliphatic rings. The molecule has 2 unspecified atom stereocenters. The average molecular weight is 283 g/mol. The number of anilines is 1. The van der Waals surface area contributed by atoms with Crippen LogP contribution in [0.15, 0.2) is 30.5 Å². The van der Waals surface area contributed by atoms with Gasteiger partial charge in [-0.3, -0.25) is 4.79 Å². The minimum Gasteiger partial charge on any atom is -0.383 e. The summed E-state index contributed by atoms with van der Waals surface area (Å²) >= 11 is 0. The number of pyridine rings is 1. The van der Waals surface area contributed by atoms with Crippen molar-refractivity contribution in [3.8, 4) is 0 Å². The van der Waals surface area contributed by atoms with Gasteiger partial charge >= 0.3 is 0 Å². The number of carbonyl (C=O) groups is 1. The van der Waals surface area contributed by atoms with E-state index < -0.39 is 0 Å². The maximum atomic E-state index is 12.8. The van der Waals surface area contributed by atoms with Crippen molar-refractivity contribution in [3.63, 3.8) is 0 Å². The van der Waals surface area contributed by atoms with E-state index in [0.29, 0.717) is 24.5 Å². The highest BCUT2D eigenvalue weighted by molar-refractivity contribution is 6.09. The lowest BCUT2D eigenvalue weighted by Crippen LogP contribution is -2.45. The Morgan fingerprint density at radius 2 is 1.86 bits per heavy atom. The van der Waals surface area contributed by atoms with E-state index in [9.17, 15) is 4.79 Å². The highest BCUT2D eigenvalue weighted by Gasteiger charge is 2.36. The Hall–Kier alpha value is -2.14. The molecule has 0 spiro atoms. The number of benzene rings is 1. The van der Waals surface area contributed by atoms with E-state index in [-0.39, 0.29) is 18.1 Å². The molecule has 0 aliphatic carbocycles. The van der Waals surface area contributed by atoms with E-state index >= 15 is 0 Å². The van der Waals surface area contributed by atoms with Crippen LogP contribution in [0.1, 0.15) is 23.2 Å². The van der Waals surface area contributed by atoms with E-state index in [1.165, 1.54) is 0 Å². The minimum atomic E-state index is 0.0268. The second-order valence-electron chi connectivity index (χ2n) is 5.77. The first-order valence-corrected chi connectivity index (χ1v) is 7.30. The Bertz CT molecular complexity index is 704. The first-order chi connectivity index (χ1) is 10.2. The van der Waals surface area contributed by atoms with Gasteiger partial charge in [-0.2, -0.15) is 0 Å². The number of carbonyl (C=O) groups excluding carboxylic acids is 1. The number of rotatable bonds is 1. The van der Waals surface area contributed by atoms with Crippen LogP contribution < -0.4 is 5.73 Å². The summed E-state index contributed by atoms with van der Waals surface area (Å²) in [5, 5.41) is 1.70. The number of likely N-dealkylation sites (tertiary alicyclic amines) is 1. The number of nitrogens with two attached hydrogens (primary N) is 1. The molecule has 5 heteroatoms. The number of nitrogen functional groups attached to an aromatic ring is 1. The minimum absolute atomic E-state index is 0.0268. The topological polar surface area (TPSA) is 68.5 Å². The van der Waals surface area contributed by atoms with E-state index in [1.807, 2.05) is 29.2 Å². The Balaban J connectivity index is 1.73. The van der Waals surface area contributed by atoms with Crippen LogP contribution in [0.25, 0.3) is 10.8 Å². The SMILES string of the molecule is Nc1ncc(C(=O)N2CC3CCC(C2)O3)c2ccccc12. The molecule has 108 valence electrons. The molecule has 2 atom stereocenters. The van der Waals surface area contributed by atoms with Crippen LogP contribution in [0.3, 0.4) is 0 Å². The first kappa shape index (κ1) is 12.6. The summed E-state index contributed by atoms with van der Waals surface area (Å²) in [6.45, 7) is 1.35. The Labute approximate surface area is 122 Å². The second kappa shape index (κ2) is 4.70. The molecule has 1 aromatic carbocycles. The predicted octanol–water partition coefficient (Wildman–Crippen LogP) is 1.82. The van der Waals surface area contributed by atoms with E-state index in [0.717, 1.165) is 23.6 Å². The monoisotopic (exact) mass is 283 g/mol. The number of aromatic nitrogens is 1. The van der Waals surface area contributed by atoms with Crippen LogP contribution in [0, 0.1) is 0 Å². The van der Waals surface area contributed by atoms with Gasteiger partial charge in [-0.15, -0.1) is 0 Å². The number of morpholine rings is 1. The van der Waals surface area contributed by atoms with Gasteiger partial charge in [0.15, 0.2) is 0 Å². The molecule has 3 heterocycles. The molecule has 2 saturated heterocycles. The lowest BCUT2D eigenvalue weighted by Gasteiger charge is -2.32. The van der Waals surface area contributed by atoms with Crippen LogP contribution in [-0.2, 0) is 4.74 Å². The van der Waals surface area contributed by atoms with Crippen molar-refractivity contribution < 1.29 is 9.53 Å². The smallest absolute Gasteiger partial charge is 0.256 e. The Morgan fingerprint density at radius 3 is 2.57 bits per heavy atom. The molecule has 2 aliphatic heterocycles. The summed E-state index contributed by atoms with van der Waals surface area (Å²) in [7, 11) is 0. The molecule has 0 radical (unpaired) electrons. The van der Waals surface area contributed by atoms with Gasteiger partial charge in [-0.05, 0) is 18.2 Å². The standard InChI is InChI=1S/C16H17N3O2/c17-15-13-4-2-1-3-12(13)14(7-18-15)16(20)19-8-10-5-6-11(9-19)21-10/h1-4,7,10-11H,5-6,8-9H2,(H2,17,18). The van der Waals surface area contributed by atoms with Crippen molar-refractivity contribution in [2.75, 3.05) is 18.8 Å². The summed E-state index contributed by atoms with van der Waals surface area (Å²) in [4.78, 5) is 18.9. The molecule has 2 bridgehead atoms. The fourth-order valence-corrected chi connectivity index (χ4v) is 3.34. The van der Waals surface area contributed by atoms with Gasteiger partial charge in [0.25, 0.3) is 5.91 Å². The molecule has 1 aromatic heterocycles. The van der Waals surface area contributed by atoms with Gasteiger partial charge in [0.1, 0.15) is 5.82 Å². The number of nitrogens with zero attached hydrogens (tertiary/aromatic N) is 2. The maximum absolute atomic E-state index is 12.8. The third kappa shape index (κ3) is 2.05. The zero-order valence-corrected chi connectivity index (χ0v) is 11.7. The molecule has 2 fully saturated rings. The lowest BCUT2D eigenvalue weighted by atomic mass is 10.1. The second-order valence-corrected chi connectivity index (χ2v) is 5.77. The van der Waals surface area contributed by atoms with Crippen LogP contribution in [0.5, 0.6) is 0 Å². The third-order valence-electron chi connectivity index (χ3n) is 4.39. The van der Waals surface area contributed by atoms with E-state index in [2.05, 4.69) is 4.98 Å². The van der Waals surface area contributed by atoms with Crippen molar-refractivity contribution in [1.29, 1.82) is 0 Å². The highest BCUT2D eigenvalue weighted by atomic mass is 16.5. The largest absolute Gasteiger partial charge is 0.383 e. The van der Waals surface area contributed by atoms with Gasteiger partial charge in [0, 0.05) is 24.7 Å². The fraction of sp³-hybridized carbons (Fsp3) is 0.375. The molecule has 1 amide bonds. The van der Waals surface area contributed by atoms with Gasteiger partial charge in [0.05, 0.1) is 17.8 Å². The van der Waals surface area contributed by atoms with E-state index in [4.69, 9.17) is 10.5 Å². The lowest BCUT2D eigenvalue weighted by molar-refractivity contribution is -0.0303. The van der Waals surface area contributed by atoms with Crippen molar-refractivity contribution in [2.24, 2.45) is 0 Å². The number of ether oxygens (including phenoxy) is 1. The molecule has 5 nitrogen and oxygen atoms in total. The molecule has 21 heavy (non-hydrogen) atoms. The maximum Gasteiger partial charge on any atom is 0.256 e. The zero-order valence-electron chi connectivity index (χ0n) is 11.7. The number of amides is 1. The number of fused-ring (bicyclic) bond motifs is 3. The molecule has 2 aromatic rings. The summed E-state index contributed by atoms with van der Waals surface area (Å²) in [6, 6.07) is 7.65. The summed E-state index contributed by atoms with van der Waals surface area (Å²) in [5.41, 5.74) is 6.53. The third-order valence-corrected chi connectivity index (χ3v) is 4.39. The molecular formula is C16H17N3O2. The van der Waals surface area contributed by atoms with Crippen molar-refractivity contribution in [3.05, 3.63) is 36.0 Å². The predicted molar refractivity (Wildman–Crippen MR) is 80.0 cm³/mol. The average Bonchev–Trinajstić information content (AvgIpc) is 2.85. The normalized spacial score (nSPS) is 24.5. The van der Waals surface area contributed by atoms with Gasteiger partial charge < -0.3 is 15.4 Å².